The van der Waals surface area contributed by atoms with Gasteiger partial charge in [0.1, 0.15) is 13.2 Å². The number of rotatable bonds is 54. The average Bonchev–Trinajstić information content (AvgIpc) is 3.41. The van der Waals surface area contributed by atoms with Crippen molar-refractivity contribution in [2.75, 3.05) is 13.2 Å². The summed E-state index contributed by atoms with van der Waals surface area (Å²) in [6.07, 6.45) is 87.6. The number of ether oxygens (including phenoxy) is 3. The molecule has 1 atom stereocenters. The Kier molecular flexibility index (Phi) is 58.4. The molecule has 0 aliphatic rings. The summed E-state index contributed by atoms with van der Waals surface area (Å²) in [5, 5.41) is 0. The molecule has 0 unspecified atom stereocenters. The lowest BCUT2D eigenvalue weighted by Gasteiger charge is -2.18. The Bertz CT molecular complexity index is 1620. The fourth-order valence-electron chi connectivity index (χ4n) is 8.15. The molecule has 0 aliphatic carbocycles. The zero-order chi connectivity index (χ0) is 54.3. The normalized spacial score (nSPS) is 13.1. The predicted molar refractivity (Wildman–Crippen MR) is 325 cm³/mol. The van der Waals surface area contributed by atoms with E-state index in [0.717, 1.165) is 96.3 Å². The molecular weight excluding hydrogens is 925 g/mol. The lowest BCUT2D eigenvalue weighted by atomic mass is 10.0. The Balaban J connectivity index is 4.54. The molecule has 0 radical (unpaired) electrons. The summed E-state index contributed by atoms with van der Waals surface area (Å²) in [4.78, 5) is 38.2. The van der Waals surface area contributed by atoms with Crippen molar-refractivity contribution >= 4 is 17.9 Å². The van der Waals surface area contributed by atoms with Gasteiger partial charge in [-0.2, -0.15) is 0 Å². The molecule has 0 fully saturated rings. The van der Waals surface area contributed by atoms with E-state index in [2.05, 4.69) is 142 Å². The van der Waals surface area contributed by atoms with Crippen LogP contribution in [0, 0.1) is 0 Å². The highest BCUT2D eigenvalue weighted by Gasteiger charge is 2.19. The minimum atomic E-state index is -0.846. The second kappa shape index (κ2) is 62.1. The van der Waals surface area contributed by atoms with Gasteiger partial charge in [0.05, 0.1) is 0 Å². The highest BCUT2D eigenvalue weighted by molar-refractivity contribution is 5.71. The molecule has 0 heterocycles. The maximum atomic E-state index is 12.9. The van der Waals surface area contributed by atoms with Gasteiger partial charge in [0, 0.05) is 19.3 Å². The van der Waals surface area contributed by atoms with E-state index in [1.54, 1.807) is 0 Å². The molecule has 0 saturated carbocycles. The highest BCUT2D eigenvalue weighted by Crippen LogP contribution is 2.16. The Morgan fingerprint density at radius 2 is 0.547 bits per heavy atom. The van der Waals surface area contributed by atoms with E-state index in [-0.39, 0.29) is 38.0 Å². The van der Waals surface area contributed by atoms with Crippen LogP contribution in [0.4, 0.5) is 0 Å². The van der Waals surface area contributed by atoms with Gasteiger partial charge >= 0.3 is 17.9 Å². The van der Waals surface area contributed by atoms with Crippen LogP contribution >= 0.6 is 0 Å². The van der Waals surface area contributed by atoms with Gasteiger partial charge in [-0.25, -0.2) is 0 Å². The molecule has 0 bridgehead atoms. The molecule has 6 heteroatoms. The minimum Gasteiger partial charge on any atom is -0.462 e. The summed E-state index contributed by atoms with van der Waals surface area (Å²) >= 11 is 0. The number of allylic oxidation sites excluding steroid dienone is 22. The van der Waals surface area contributed by atoms with E-state index in [1.165, 1.54) is 116 Å². The summed E-state index contributed by atoms with van der Waals surface area (Å²) < 4.78 is 16.8. The van der Waals surface area contributed by atoms with Gasteiger partial charge in [-0.05, 0) is 96.3 Å². The van der Waals surface area contributed by atoms with Gasteiger partial charge in [0.15, 0.2) is 6.10 Å². The third-order valence-electron chi connectivity index (χ3n) is 12.7. The maximum Gasteiger partial charge on any atom is 0.306 e. The van der Waals surface area contributed by atoms with Gasteiger partial charge < -0.3 is 14.2 Å². The molecule has 0 aliphatic heterocycles. The monoisotopic (exact) mass is 1040 g/mol. The molecule has 424 valence electrons. The quantitative estimate of drug-likeness (QED) is 0.0261. The first-order valence-corrected chi connectivity index (χ1v) is 30.7. The largest absolute Gasteiger partial charge is 0.462 e. The number of esters is 3. The van der Waals surface area contributed by atoms with Crippen molar-refractivity contribution in [3.63, 3.8) is 0 Å². The van der Waals surface area contributed by atoms with E-state index < -0.39 is 12.1 Å². The maximum absolute atomic E-state index is 12.9. The van der Waals surface area contributed by atoms with Crippen LogP contribution in [0.25, 0.3) is 0 Å². The van der Waals surface area contributed by atoms with Gasteiger partial charge in [0.25, 0.3) is 0 Å². The molecule has 6 nitrogen and oxygen atoms in total. The number of carbonyl (C=O) groups is 3. The first-order valence-electron chi connectivity index (χ1n) is 30.7. The average molecular weight is 1040 g/mol. The van der Waals surface area contributed by atoms with Crippen LogP contribution in [-0.4, -0.2) is 37.2 Å². The second-order valence-corrected chi connectivity index (χ2v) is 19.9. The highest BCUT2D eigenvalue weighted by atomic mass is 16.6. The molecule has 75 heavy (non-hydrogen) atoms. The predicted octanol–water partition coefficient (Wildman–Crippen LogP) is 21.0. The fraction of sp³-hybridized carbons (Fsp3) is 0.638. The Morgan fingerprint density at radius 3 is 0.867 bits per heavy atom. The summed E-state index contributed by atoms with van der Waals surface area (Å²) in [6.45, 7) is 6.32. The van der Waals surface area contributed by atoms with Crippen LogP contribution in [0.5, 0.6) is 0 Å². The smallest absolute Gasteiger partial charge is 0.306 e. The molecule has 0 aromatic heterocycles. The summed E-state index contributed by atoms with van der Waals surface area (Å²) in [5.41, 5.74) is 0. The van der Waals surface area contributed by atoms with Gasteiger partial charge in [-0.3, -0.25) is 14.4 Å². The summed E-state index contributed by atoms with van der Waals surface area (Å²) in [6, 6.07) is 0. The number of unbranched alkanes of at least 4 members (excludes halogenated alkanes) is 21. The van der Waals surface area contributed by atoms with E-state index in [1.807, 2.05) is 12.2 Å². The molecular formula is C69H112O6. The fourth-order valence-corrected chi connectivity index (χ4v) is 8.15. The first kappa shape index (κ1) is 70.5. The van der Waals surface area contributed by atoms with Crippen LogP contribution < -0.4 is 0 Å². The van der Waals surface area contributed by atoms with Crippen molar-refractivity contribution < 1.29 is 28.6 Å². The van der Waals surface area contributed by atoms with Crippen LogP contribution in [0.15, 0.2) is 134 Å². The third kappa shape index (κ3) is 60.3. The Labute approximate surface area is 462 Å². The van der Waals surface area contributed by atoms with Crippen molar-refractivity contribution in [1.29, 1.82) is 0 Å². The van der Waals surface area contributed by atoms with E-state index in [9.17, 15) is 14.4 Å². The molecule has 0 aromatic rings. The molecule has 0 spiro atoms. The molecule has 0 N–H and O–H groups in total. The van der Waals surface area contributed by atoms with Crippen molar-refractivity contribution in [2.45, 2.75) is 271 Å². The van der Waals surface area contributed by atoms with E-state index in [0.29, 0.717) is 19.3 Å². The summed E-state index contributed by atoms with van der Waals surface area (Å²) in [5.74, 6) is -1.07. The van der Waals surface area contributed by atoms with Crippen molar-refractivity contribution in [3.05, 3.63) is 134 Å². The molecule has 0 saturated heterocycles. The van der Waals surface area contributed by atoms with Gasteiger partial charge in [0.2, 0.25) is 0 Å². The number of carbonyl (C=O) groups excluding carboxylic acids is 3. The van der Waals surface area contributed by atoms with Crippen LogP contribution in [0.1, 0.15) is 265 Å². The van der Waals surface area contributed by atoms with Gasteiger partial charge in [-0.1, -0.05) is 283 Å². The number of hydrogen-bond acceptors (Lipinski definition) is 6. The SMILES string of the molecule is CC/C=C\C/C=C\C/C=C\C/C=C\C/C=C\C/C=C\CCC(=O)O[C@H](COC(=O)CCC/C=C\C/C=C\C/C=C\C/C=C\C/C=C\CC)COC(=O)CCCCCCCCCCCCCCCCCCCCCCC. The summed E-state index contributed by atoms with van der Waals surface area (Å²) in [7, 11) is 0. The zero-order valence-electron chi connectivity index (χ0n) is 48.5. The molecule has 0 amide bonds. The third-order valence-corrected chi connectivity index (χ3v) is 12.7. The van der Waals surface area contributed by atoms with Crippen LogP contribution in [-0.2, 0) is 28.6 Å². The minimum absolute atomic E-state index is 0.128. The molecule has 0 aromatic carbocycles. The lowest BCUT2D eigenvalue weighted by Crippen LogP contribution is -2.30. The van der Waals surface area contributed by atoms with Crippen LogP contribution in [0.2, 0.25) is 0 Å². The van der Waals surface area contributed by atoms with Crippen LogP contribution in [0.3, 0.4) is 0 Å². The Morgan fingerprint density at radius 1 is 0.280 bits per heavy atom. The standard InChI is InChI=1S/C69H112O6/c1-4-7-10-13-16-19-22-25-28-31-33-34-36-38-41-44-47-50-53-56-59-62-68(71)74-65-66(64-73-67(70)61-58-55-52-49-46-43-40-37-30-27-24-21-18-15-12-9-6-3)75-69(72)63-60-57-54-51-48-45-42-39-35-32-29-26-23-20-17-14-11-8-5-2/h8-9,11-12,17-18,20-21,26-27,29-30,35,39-40,43,45,48-49,52,54,57,66H,4-7,10,13-16,19,22-25,28,31-34,36-38,41-42,44,46-47,50-51,53,55-56,58-65H2,1-3H3/b11-8-,12-9-,20-17-,21-18-,29-26-,30-27-,39-35-,43-40-,48-45-,52-49-,57-54-/t66-/m1/s1. The first-order chi connectivity index (χ1) is 37.0. The van der Waals surface area contributed by atoms with Crippen molar-refractivity contribution in [1.82, 2.24) is 0 Å². The molecule has 0 rings (SSSR count). The second-order valence-electron chi connectivity index (χ2n) is 19.9. The van der Waals surface area contributed by atoms with E-state index >= 15 is 0 Å². The zero-order valence-corrected chi connectivity index (χ0v) is 48.5. The number of hydrogen-bond donors (Lipinski definition) is 0. The topological polar surface area (TPSA) is 78.9 Å². The van der Waals surface area contributed by atoms with E-state index in [4.69, 9.17) is 14.2 Å². The van der Waals surface area contributed by atoms with Crippen molar-refractivity contribution in [2.24, 2.45) is 0 Å². The lowest BCUT2D eigenvalue weighted by molar-refractivity contribution is -0.166. The Hall–Kier alpha value is -4.45. The van der Waals surface area contributed by atoms with Gasteiger partial charge in [-0.15, -0.1) is 0 Å². The van der Waals surface area contributed by atoms with Crippen molar-refractivity contribution in [3.8, 4) is 0 Å².